The Kier molecular flexibility index (Phi) is 5.30. The number of anilines is 3. The second-order valence-electron chi connectivity index (χ2n) is 7.95. The largest absolute Gasteiger partial charge is 0.444 e. The molecule has 0 spiro atoms. The monoisotopic (exact) mass is 372 g/mol. The molecule has 2 heterocycles. The van der Waals surface area contributed by atoms with Crippen molar-refractivity contribution in [1.29, 1.82) is 0 Å². The molecule has 1 atom stereocenters. The molecular weight excluding hydrogens is 344 g/mol. The number of fused-ring (bicyclic) bond motifs is 1. The Morgan fingerprint density at radius 1 is 1.30 bits per heavy atom. The van der Waals surface area contributed by atoms with Crippen molar-refractivity contribution in [2.24, 2.45) is 0 Å². The van der Waals surface area contributed by atoms with Crippen LogP contribution in [0.1, 0.15) is 45.6 Å². The fourth-order valence-electron chi connectivity index (χ4n) is 3.38. The van der Waals surface area contributed by atoms with Crippen molar-refractivity contribution in [1.82, 2.24) is 4.90 Å². The minimum Gasteiger partial charge on any atom is -0.444 e. The lowest BCUT2D eigenvalue weighted by molar-refractivity contribution is -0.122. The summed E-state index contributed by atoms with van der Waals surface area (Å²) in [5.74, 6) is -0.236. The molecule has 7 nitrogen and oxygen atoms in total. The van der Waals surface area contributed by atoms with E-state index in [1.54, 1.807) is 6.07 Å². The quantitative estimate of drug-likeness (QED) is 0.691. The Morgan fingerprint density at radius 2 is 2.07 bits per heavy atom. The van der Waals surface area contributed by atoms with Crippen LogP contribution in [0.15, 0.2) is 18.2 Å². The summed E-state index contributed by atoms with van der Waals surface area (Å²) < 4.78 is 5.47. The number of nitrogens with one attached hydrogen (secondary N) is 2. The minimum atomic E-state index is -0.599. The van der Waals surface area contributed by atoms with Gasteiger partial charge in [0.1, 0.15) is 11.6 Å². The van der Waals surface area contributed by atoms with Gasteiger partial charge < -0.3 is 21.1 Å². The van der Waals surface area contributed by atoms with Crippen LogP contribution in [-0.4, -0.2) is 41.6 Å². The van der Waals surface area contributed by atoms with Crippen LogP contribution >= 0.6 is 0 Å². The van der Waals surface area contributed by atoms with Crippen molar-refractivity contribution in [3.63, 3.8) is 0 Å². The van der Waals surface area contributed by atoms with Crippen LogP contribution < -0.4 is 16.4 Å². The SMILES string of the molecule is CC(C)(C)OC(=O)N1CCCC[C@H]1C(=O)Nc1ccc2c(c1N)C=CCN2. The zero-order chi connectivity index (χ0) is 19.6. The predicted molar refractivity (Wildman–Crippen MR) is 108 cm³/mol. The van der Waals surface area contributed by atoms with Gasteiger partial charge in [-0.25, -0.2) is 4.79 Å². The molecule has 0 saturated carbocycles. The molecule has 2 amide bonds. The van der Waals surface area contributed by atoms with Gasteiger partial charge in [0.05, 0.1) is 11.4 Å². The number of ether oxygens (including phenoxy) is 1. The van der Waals surface area contributed by atoms with Crippen molar-refractivity contribution in [2.75, 3.05) is 29.5 Å². The van der Waals surface area contributed by atoms with Crippen molar-refractivity contribution < 1.29 is 14.3 Å². The topological polar surface area (TPSA) is 96.7 Å². The zero-order valence-electron chi connectivity index (χ0n) is 16.2. The lowest BCUT2D eigenvalue weighted by Crippen LogP contribution is -2.51. The number of carbonyl (C=O) groups excluding carboxylic acids is 2. The van der Waals surface area contributed by atoms with E-state index in [1.807, 2.05) is 39.0 Å². The zero-order valence-corrected chi connectivity index (χ0v) is 16.2. The van der Waals surface area contributed by atoms with E-state index in [-0.39, 0.29) is 5.91 Å². The molecule has 0 aromatic heterocycles. The van der Waals surface area contributed by atoms with Gasteiger partial charge in [0.25, 0.3) is 0 Å². The number of carbonyl (C=O) groups is 2. The van der Waals surface area contributed by atoms with Crippen LogP contribution in [0.4, 0.5) is 21.9 Å². The highest BCUT2D eigenvalue weighted by molar-refractivity contribution is 6.01. The van der Waals surface area contributed by atoms with E-state index >= 15 is 0 Å². The van der Waals surface area contributed by atoms with E-state index in [4.69, 9.17) is 10.5 Å². The number of nitrogens with zero attached hydrogens (tertiary/aromatic N) is 1. The molecule has 4 N–H and O–H groups in total. The number of rotatable bonds is 2. The van der Waals surface area contributed by atoms with Gasteiger partial charge in [-0.1, -0.05) is 12.2 Å². The first-order valence-electron chi connectivity index (χ1n) is 9.39. The van der Waals surface area contributed by atoms with Crippen LogP contribution in [0.2, 0.25) is 0 Å². The summed E-state index contributed by atoms with van der Waals surface area (Å²) in [5.41, 5.74) is 8.54. The van der Waals surface area contributed by atoms with Crippen molar-refractivity contribution in [3.05, 3.63) is 23.8 Å². The molecule has 27 heavy (non-hydrogen) atoms. The van der Waals surface area contributed by atoms with Crippen LogP contribution in [0.3, 0.4) is 0 Å². The fraction of sp³-hybridized carbons (Fsp3) is 0.500. The summed E-state index contributed by atoms with van der Waals surface area (Å²) in [7, 11) is 0. The molecule has 1 aromatic rings. The standard InChI is InChI=1S/C20H28N4O3/c1-20(2,3)27-19(26)24-12-5-4-8-16(24)18(25)23-15-10-9-14-13(17(15)21)7-6-11-22-14/h6-7,9-10,16,22H,4-5,8,11-12,21H2,1-3H3,(H,23,25)/t16-/m0/s1. The molecule has 0 aliphatic carbocycles. The molecule has 1 aromatic carbocycles. The lowest BCUT2D eigenvalue weighted by atomic mass is 10.0. The van der Waals surface area contributed by atoms with Gasteiger partial charge in [-0.05, 0) is 52.2 Å². The van der Waals surface area contributed by atoms with E-state index in [0.29, 0.717) is 24.3 Å². The van der Waals surface area contributed by atoms with Gasteiger partial charge in [-0.15, -0.1) is 0 Å². The van der Waals surface area contributed by atoms with Gasteiger partial charge >= 0.3 is 6.09 Å². The van der Waals surface area contributed by atoms with E-state index in [9.17, 15) is 9.59 Å². The minimum absolute atomic E-state index is 0.236. The summed E-state index contributed by atoms with van der Waals surface area (Å²) in [4.78, 5) is 27.0. The normalized spacial score (nSPS) is 19.1. The highest BCUT2D eigenvalue weighted by Gasteiger charge is 2.35. The van der Waals surface area contributed by atoms with E-state index < -0.39 is 17.7 Å². The predicted octanol–water partition coefficient (Wildman–Crippen LogP) is 3.44. The third-order valence-corrected chi connectivity index (χ3v) is 4.67. The Balaban J connectivity index is 1.76. The number of likely N-dealkylation sites (tertiary alicyclic amines) is 1. The molecule has 0 radical (unpaired) electrons. The average molecular weight is 372 g/mol. The van der Waals surface area contributed by atoms with Crippen LogP contribution in [0.5, 0.6) is 0 Å². The third-order valence-electron chi connectivity index (χ3n) is 4.67. The second kappa shape index (κ2) is 7.50. The number of piperidine rings is 1. The Labute approximate surface area is 159 Å². The summed E-state index contributed by atoms with van der Waals surface area (Å²) in [5, 5.41) is 6.14. The number of amides is 2. The number of nitrogens with two attached hydrogens (primary N) is 1. The van der Waals surface area contributed by atoms with Crippen LogP contribution in [0, 0.1) is 0 Å². The molecule has 2 aliphatic rings. The first-order valence-corrected chi connectivity index (χ1v) is 9.39. The Hall–Kier alpha value is -2.70. The molecule has 2 aliphatic heterocycles. The summed E-state index contributed by atoms with van der Waals surface area (Å²) in [6.07, 6.45) is 5.84. The Bertz CT molecular complexity index is 767. The van der Waals surface area contributed by atoms with Gasteiger partial charge in [0, 0.05) is 24.3 Å². The number of benzene rings is 1. The summed E-state index contributed by atoms with van der Waals surface area (Å²) in [6.45, 7) is 6.72. The van der Waals surface area contributed by atoms with Gasteiger partial charge in [0.2, 0.25) is 5.91 Å². The molecule has 0 unspecified atom stereocenters. The first kappa shape index (κ1) is 19.1. The van der Waals surface area contributed by atoms with E-state index in [0.717, 1.165) is 30.6 Å². The van der Waals surface area contributed by atoms with Gasteiger partial charge in [-0.2, -0.15) is 0 Å². The molecule has 1 saturated heterocycles. The maximum absolute atomic E-state index is 12.9. The molecule has 3 rings (SSSR count). The Morgan fingerprint density at radius 3 is 2.81 bits per heavy atom. The first-order chi connectivity index (χ1) is 12.8. The van der Waals surface area contributed by atoms with Crippen molar-refractivity contribution >= 4 is 35.1 Å². The molecule has 0 bridgehead atoms. The van der Waals surface area contributed by atoms with Crippen LogP contribution in [0.25, 0.3) is 6.08 Å². The fourth-order valence-corrected chi connectivity index (χ4v) is 3.38. The van der Waals surface area contributed by atoms with E-state index in [2.05, 4.69) is 10.6 Å². The summed E-state index contributed by atoms with van der Waals surface area (Å²) >= 11 is 0. The number of hydrogen-bond donors (Lipinski definition) is 3. The van der Waals surface area contributed by atoms with Gasteiger partial charge in [0.15, 0.2) is 0 Å². The highest BCUT2D eigenvalue weighted by atomic mass is 16.6. The smallest absolute Gasteiger partial charge is 0.410 e. The highest BCUT2D eigenvalue weighted by Crippen LogP contribution is 2.33. The summed E-state index contributed by atoms with van der Waals surface area (Å²) in [6, 6.07) is 3.13. The molecule has 1 fully saturated rings. The second-order valence-corrected chi connectivity index (χ2v) is 7.95. The third kappa shape index (κ3) is 4.35. The maximum atomic E-state index is 12.9. The lowest BCUT2D eigenvalue weighted by Gasteiger charge is -2.35. The maximum Gasteiger partial charge on any atom is 0.410 e. The van der Waals surface area contributed by atoms with E-state index in [1.165, 1.54) is 4.90 Å². The molecule has 7 heteroatoms. The van der Waals surface area contributed by atoms with Crippen molar-refractivity contribution in [2.45, 2.75) is 51.7 Å². The van der Waals surface area contributed by atoms with Crippen LogP contribution in [-0.2, 0) is 9.53 Å². The number of hydrogen-bond acceptors (Lipinski definition) is 5. The van der Waals surface area contributed by atoms with Crippen molar-refractivity contribution in [3.8, 4) is 0 Å². The van der Waals surface area contributed by atoms with Gasteiger partial charge in [-0.3, -0.25) is 9.69 Å². The average Bonchev–Trinajstić information content (AvgIpc) is 2.63. The molecule has 146 valence electrons. The molecular formula is C20H28N4O3. The number of nitrogen functional groups attached to an aromatic ring is 1.